The van der Waals surface area contributed by atoms with Crippen LogP contribution in [0.5, 0.6) is 34.5 Å². The molecule has 180 valence electrons. The first-order chi connectivity index (χ1) is 16.2. The SMILES string of the molecule is C=C(C)C#Cc1cc(OC)c(OC)cc1OC.C=C(C)C#Cc1cc(OC)c(OC)cc1OC. The Bertz CT molecular complexity index is 1050. The second-order valence-electron chi connectivity index (χ2n) is 6.88. The van der Waals surface area contributed by atoms with Crippen molar-refractivity contribution >= 4 is 0 Å². The lowest BCUT2D eigenvalue weighted by Gasteiger charge is -2.11. The number of hydrogen-bond acceptors (Lipinski definition) is 6. The average molecular weight is 465 g/mol. The van der Waals surface area contributed by atoms with E-state index in [1.807, 2.05) is 13.8 Å². The summed E-state index contributed by atoms with van der Waals surface area (Å²) < 4.78 is 31.3. The highest BCUT2D eigenvalue weighted by molar-refractivity contribution is 5.58. The smallest absolute Gasteiger partial charge is 0.164 e. The highest BCUT2D eigenvalue weighted by Gasteiger charge is 2.11. The molecule has 6 heteroatoms. The highest BCUT2D eigenvalue weighted by atomic mass is 16.5. The Hall–Kier alpha value is -4.16. The van der Waals surface area contributed by atoms with Crippen LogP contribution in [0.1, 0.15) is 25.0 Å². The van der Waals surface area contributed by atoms with Gasteiger partial charge in [0.1, 0.15) is 11.5 Å². The van der Waals surface area contributed by atoms with Gasteiger partial charge >= 0.3 is 0 Å². The minimum Gasteiger partial charge on any atom is -0.495 e. The first kappa shape index (κ1) is 27.9. The second kappa shape index (κ2) is 14.1. The minimum atomic E-state index is 0.616. The van der Waals surface area contributed by atoms with Crippen molar-refractivity contribution in [2.75, 3.05) is 42.7 Å². The summed E-state index contributed by atoms with van der Waals surface area (Å²) in [7, 11) is 9.51. The van der Waals surface area contributed by atoms with Gasteiger partial charge in [0, 0.05) is 24.3 Å². The second-order valence-corrected chi connectivity index (χ2v) is 6.88. The third-order valence-electron chi connectivity index (χ3n) is 4.23. The molecular weight excluding hydrogens is 432 g/mol. The van der Waals surface area contributed by atoms with Crippen LogP contribution in [0.3, 0.4) is 0 Å². The van der Waals surface area contributed by atoms with Crippen molar-refractivity contribution < 1.29 is 28.4 Å². The van der Waals surface area contributed by atoms with E-state index >= 15 is 0 Å². The summed E-state index contributed by atoms with van der Waals surface area (Å²) >= 11 is 0. The monoisotopic (exact) mass is 464 g/mol. The molecule has 0 aromatic heterocycles. The topological polar surface area (TPSA) is 55.4 Å². The quantitative estimate of drug-likeness (QED) is 0.542. The van der Waals surface area contributed by atoms with Crippen LogP contribution >= 0.6 is 0 Å². The molecule has 2 rings (SSSR count). The van der Waals surface area contributed by atoms with Gasteiger partial charge in [0.2, 0.25) is 0 Å². The number of methoxy groups -OCH3 is 6. The summed E-state index contributed by atoms with van der Waals surface area (Å²) in [6.07, 6.45) is 0. The van der Waals surface area contributed by atoms with Gasteiger partial charge in [-0.2, -0.15) is 0 Å². The predicted octanol–water partition coefficient (Wildman–Crippen LogP) is 5.28. The van der Waals surface area contributed by atoms with Crippen molar-refractivity contribution in [1.82, 2.24) is 0 Å². The maximum absolute atomic E-state index is 5.25. The van der Waals surface area contributed by atoms with Gasteiger partial charge in [-0.25, -0.2) is 0 Å². The maximum atomic E-state index is 5.25. The van der Waals surface area contributed by atoms with E-state index in [-0.39, 0.29) is 0 Å². The van der Waals surface area contributed by atoms with Crippen molar-refractivity contribution in [2.45, 2.75) is 13.8 Å². The zero-order valence-electron chi connectivity index (χ0n) is 21.2. The van der Waals surface area contributed by atoms with Crippen LogP contribution in [0.4, 0.5) is 0 Å². The maximum Gasteiger partial charge on any atom is 0.164 e. The van der Waals surface area contributed by atoms with E-state index in [1.54, 1.807) is 66.9 Å². The van der Waals surface area contributed by atoms with Crippen molar-refractivity contribution in [2.24, 2.45) is 0 Å². The molecule has 0 fully saturated rings. The number of benzene rings is 2. The Kier molecular flexibility index (Phi) is 11.5. The van der Waals surface area contributed by atoms with Crippen LogP contribution in [0, 0.1) is 23.7 Å². The third-order valence-corrected chi connectivity index (χ3v) is 4.23. The van der Waals surface area contributed by atoms with Gasteiger partial charge in [-0.3, -0.25) is 0 Å². The van der Waals surface area contributed by atoms with Crippen molar-refractivity contribution in [3.63, 3.8) is 0 Å². The van der Waals surface area contributed by atoms with Crippen LogP contribution in [0.25, 0.3) is 0 Å². The van der Waals surface area contributed by atoms with Gasteiger partial charge in [-0.05, 0) is 25.0 Å². The molecule has 0 atom stereocenters. The lowest BCUT2D eigenvalue weighted by molar-refractivity contribution is 0.348. The van der Waals surface area contributed by atoms with Crippen LogP contribution < -0.4 is 28.4 Å². The molecule has 0 amide bonds. The Morgan fingerprint density at radius 2 is 0.765 bits per heavy atom. The van der Waals surface area contributed by atoms with E-state index in [9.17, 15) is 0 Å². The molecule has 0 unspecified atom stereocenters. The summed E-state index contributed by atoms with van der Waals surface area (Å²) in [5.74, 6) is 15.5. The molecule has 2 aromatic carbocycles. The van der Waals surface area contributed by atoms with E-state index in [1.165, 1.54) is 0 Å². The van der Waals surface area contributed by atoms with Crippen LogP contribution in [0.15, 0.2) is 48.6 Å². The van der Waals surface area contributed by atoms with E-state index in [4.69, 9.17) is 28.4 Å². The van der Waals surface area contributed by atoms with Crippen LogP contribution in [0.2, 0.25) is 0 Å². The molecule has 0 aliphatic heterocycles. The molecule has 34 heavy (non-hydrogen) atoms. The summed E-state index contributed by atoms with van der Waals surface area (Å²) in [4.78, 5) is 0. The normalized spacial score (nSPS) is 8.94. The molecule has 0 spiro atoms. The lowest BCUT2D eigenvalue weighted by Crippen LogP contribution is -1.94. The molecule has 0 aliphatic rings. The zero-order valence-corrected chi connectivity index (χ0v) is 21.2. The Morgan fingerprint density at radius 1 is 0.500 bits per heavy atom. The number of ether oxygens (including phenoxy) is 6. The van der Waals surface area contributed by atoms with E-state index in [0.29, 0.717) is 34.5 Å². The van der Waals surface area contributed by atoms with Gasteiger partial charge in [0.05, 0.1) is 53.8 Å². The Labute approximate surface area is 203 Å². The molecule has 2 aromatic rings. The van der Waals surface area contributed by atoms with Gasteiger partial charge in [-0.15, -0.1) is 0 Å². The summed E-state index contributed by atoms with van der Waals surface area (Å²) in [5.41, 5.74) is 3.07. The summed E-state index contributed by atoms with van der Waals surface area (Å²) in [5, 5.41) is 0. The van der Waals surface area contributed by atoms with Gasteiger partial charge < -0.3 is 28.4 Å². The van der Waals surface area contributed by atoms with Crippen molar-refractivity contribution in [3.8, 4) is 58.2 Å². The van der Waals surface area contributed by atoms with Crippen molar-refractivity contribution in [3.05, 3.63) is 59.7 Å². The predicted molar refractivity (Wildman–Crippen MR) is 136 cm³/mol. The number of rotatable bonds is 6. The molecule has 0 aliphatic carbocycles. The minimum absolute atomic E-state index is 0.616. The molecule has 0 radical (unpaired) electrons. The lowest BCUT2D eigenvalue weighted by atomic mass is 10.1. The molecule has 0 heterocycles. The first-order valence-corrected chi connectivity index (χ1v) is 10.2. The van der Waals surface area contributed by atoms with Gasteiger partial charge in [0.15, 0.2) is 23.0 Å². The number of hydrogen-bond donors (Lipinski definition) is 0. The third kappa shape index (κ3) is 8.07. The fraction of sp³-hybridized carbons (Fsp3) is 0.286. The van der Waals surface area contributed by atoms with Gasteiger partial charge in [-0.1, -0.05) is 36.8 Å². The van der Waals surface area contributed by atoms with Gasteiger partial charge in [0.25, 0.3) is 0 Å². The summed E-state index contributed by atoms with van der Waals surface area (Å²) in [6.45, 7) is 11.2. The van der Waals surface area contributed by atoms with E-state index < -0.39 is 0 Å². The fourth-order valence-electron chi connectivity index (χ4n) is 2.60. The molecule has 0 saturated heterocycles. The standard InChI is InChI=1S/2C14H16O3/c2*1-10(2)6-7-11-8-13(16-4)14(17-5)9-12(11)15-3/h2*8-9H,1H2,2-5H3. The van der Waals surface area contributed by atoms with E-state index in [0.717, 1.165) is 22.3 Å². The van der Waals surface area contributed by atoms with Crippen LogP contribution in [-0.2, 0) is 0 Å². The zero-order chi connectivity index (χ0) is 25.7. The molecule has 6 nitrogen and oxygen atoms in total. The molecule has 0 bridgehead atoms. The summed E-state index contributed by atoms with van der Waals surface area (Å²) in [6, 6.07) is 7.07. The largest absolute Gasteiger partial charge is 0.495 e. The Balaban J connectivity index is 0.000000340. The molecular formula is C28H32O6. The van der Waals surface area contributed by atoms with Crippen LogP contribution in [-0.4, -0.2) is 42.7 Å². The highest BCUT2D eigenvalue weighted by Crippen LogP contribution is 2.35. The average Bonchev–Trinajstić information content (AvgIpc) is 2.85. The number of allylic oxidation sites excluding steroid dienone is 2. The van der Waals surface area contributed by atoms with Crippen molar-refractivity contribution in [1.29, 1.82) is 0 Å². The molecule has 0 saturated carbocycles. The molecule has 0 N–H and O–H groups in total. The van der Waals surface area contributed by atoms with E-state index in [2.05, 4.69) is 36.8 Å². The first-order valence-electron chi connectivity index (χ1n) is 10.2. The fourth-order valence-corrected chi connectivity index (χ4v) is 2.60. The Morgan fingerprint density at radius 3 is 1.00 bits per heavy atom.